The maximum absolute atomic E-state index is 12.6. The van der Waals surface area contributed by atoms with E-state index in [-0.39, 0.29) is 29.9 Å². The summed E-state index contributed by atoms with van der Waals surface area (Å²) in [5.41, 5.74) is 2.31. The van der Waals surface area contributed by atoms with E-state index in [9.17, 15) is 14.4 Å². The van der Waals surface area contributed by atoms with Crippen molar-refractivity contribution >= 4 is 67.4 Å². The number of hydrogen-bond donors (Lipinski definition) is 1. The second kappa shape index (κ2) is 11.8. The van der Waals surface area contributed by atoms with Gasteiger partial charge in [-0.2, -0.15) is 4.99 Å². The number of esters is 1. The molecule has 0 unspecified atom stereocenters. The van der Waals surface area contributed by atoms with Crippen molar-refractivity contribution in [3.05, 3.63) is 39.0 Å². The number of thioether (sulfide) groups is 1. The molecule has 11 heteroatoms. The van der Waals surface area contributed by atoms with E-state index < -0.39 is 5.97 Å². The van der Waals surface area contributed by atoms with Crippen molar-refractivity contribution in [3.8, 4) is 18.1 Å². The SMILES string of the molecule is C#CCn1c(=NC(=O)CSCC(=O)Nc2sc3c(c2C(=O)OC)CCCC3)sc2cc(OC)ccc21. The van der Waals surface area contributed by atoms with Crippen LogP contribution in [0.15, 0.2) is 23.2 Å². The van der Waals surface area contributed by atoms with Gasteiger partial charge >= 0.3 is 5.97 Å². The molecule has 0 saturated carbocycles. The first-order chi connectivity index (χ1) is 17.4. The lowest BCUT2D eigenvalue weighted by Crippen LogP contribution is -2.19. The smallest absolute Gasteiger partial charge is 0.341 e. The maximum atomic E-state index is 12.6. The van der Waals surface area contributed by atoms with Crippen molar-refractivity contribution in [2.75, 3.05) is 31.0 Å². The van der Waals surface area contributed by atoms with E-state index in [4.69, 9.17) is 15.9 Å². The fourth-order valence-electron chi connectivity index (χ4n) is 4.01. The quantitative estimate of drug-likeness (QED) is 0.342. The first-order valence-corrected chi connectivity index (χ1v) is 14.0. The van der Waals surface area contributed by atoms with Crippen molar-refractivity contribution in [2.45, 2.75) is 32.2 Å². The van der Waals surface area contributed by atoms with Crippen molar-refractivity contribution in [1.82, 2.24) is 4.57 Å². The Morgan fingerprint density at radius 2 is 2.00 bits per heavy atom. The molecule has 1 aliphatic rings. The van der Waals surface area contributed by atoms with Crippen LogP contribution in [0.5, 0.6) is 5.75 Å². The molecule has 1 aliphatic carbocycles. The summed E-state index contributed by atoms with van der Waals surface area (Å²) in [5, 5.41) is 3.36. The highest BCUT2D eigenvalue weighted by atomic mass is 32.2. The van der Waals surface area contributed by atoms with Gasteiger partial charge in [-0.3, -0.25) is 9.59 Å². The molecule has 0 aliphatic heterocycles. The van der Waals surface area contributed by atoms with Gasteiger partial charge in [0.1, 0.15) is 10.8 Å². The van der Waals surface area contributed by atoms with Crippen LogP contribution >= 0.6 is 34.4 Å². The molecular formula is C25H25N3O5S3. The molecule has 0 radical (unpaired) electrons. The number of nitrogens with zero attached hydrogens (tertiary/aromatic N) is 2. The van der Waals surface area contributed by atoms with Gasteiger partial charge in [-0.15, -0.1) is 29.5 Å². The number of amides is 2. The third-order valence-corrected chi connectivity index (χ3v) is 8.80. The van der Waals surface area contributed by atoms with E-state index in [0.717, 1.165) is 58.1 Å². The number of fused-ring (bicyclic) bond motifs is 2. The fraction of sp³-hybridized carbons (Fsp3) is 0.360. The number of rotatable bonds is 8. The summed E-state index contributed by atoms with van der Waals surface area (Å²) >= 11 is 3.95. The first kappa shape index (κ1) is 26.0. The van der Waals surface area contributed by atoms with Gasteiger partial charge in [-0.25, -0.2) is 4.79 Å². The molecule has 2 amide bonds. The van der Waals surface area contributed by atoms with Gasteiger partial charge in [0.2, 0.25) is 5.91 Å². The lowest BCUT2D eigenvalue weighted by Gasteiger charge is -2.11. The van der Waals surface area contributed by atoms with Crippen LogP contribution in [-0.2, 0) is 33.7 Å². The maximum Gasteiger partial charge on any atom is 0.341 e. The van der Waals surface area contributed by atoms with Crippen LogP contribution < -0.4 is 14.9 Å². The van der Waals surface area contributed by atoms with Crippen LogP contribution in [0.2, 0.25) is 0 Å². The Balaban J connectivity index is 1.42. The average molecular weight is 544 g/mol. The number of anilines is 1. The number of carbonyl (C=O) groups excluding carboxylic acids is 3. The number of hydrogen-bond acceptors (Lipinski definition) is 8. The largest absolute Gasteiger partial charge is 0.497 e. The number of thiophene rings is 1. The molecule has 0 fully saturated rings. The Hall–Kier alpha value is -3.07. The Morgan fingerprint density at radius 1 is 1.19 bits per heavy atom. The van der Waals surface area contributed by atoms with E-state index in [1.54, 1.807) is 7.11 Å². The molecule has 36 heavy (non-hydrogen) atoms. The topological polar surface area (TPSA) is 99.0 Å². The van der Waals surface area contributed by atoms with Crippen molar-refractivity contribution < 1.29 is 23.9 Å². The van der Waals surface area contributed by atoms with Gasteiger partial charge in [0.05, 0.1) is 48.1 Å². The zero-order chi connectivity index (χ0) is 25.7. The zero-order valence-corrected chi connectivity index (χ0v) is 22.4. The minimum absolute atomic E-state index is 0.0336. The Bertz CT molecular complexity index is 1430. The Morgan fingerprint density at radius 3 is 2.75 bits per heavy atom. The van der Waals surface area contributed by atoms with Crippen LogP contribution in [0.3, 0.4) is 0 Å². The molecule has 3 aromatic rings. The second-order valence-corrected chi connectivity index (χ2v) is 11.1. The number of thiazole rings is 1. The van der Waals surface area contributed by atoms with E-state index in [1.807, 2.05) is 22.8 Å². The molecule has 0 spiro atoms. The highest BCUT2D eigenvalue weighted by Gasteiger charge is 2.26. The zero-order valence-electron chi connectivity index (χ0n) is 19.9. The predicted molar refractivity (Wildman–Crippen MR) is 144 cm³/mol. The number of nitrogens with one attached hydrogen (secondary N) is 1. The Labute approximate surface area is 220 Å². The average Bonchev–Trinajstić information content (AvgIpc) is 3.40. The van der Waals surface area contributed by atoms with Gasteiger partial charge in [-0.05, 0) is 49.4 Å². The monoisotopic (exact) mass is 543 g/mol. The van der Waals surface area contributed by atoms with E-state index in [0.29, 0.717) is 21.1 Å². The normalized spacial score (nSPS) is 13.2. The van der Waals surface area contributed by atoms with Crippen LogP contribution in [0, 0.1) is 12.3 Å². The first-order valence-electron chi connectivity index (χ1n) is 11.2. The van der Waals surface area contributed by atoms with E-state index >= 15 is 0 Å². The second-order valence-electron chi connectivity index (χ2n) is 7.96. The molecule has 8 nitrogen and oxygen atoms in total. The highest BCUT2D eigenvalue weighted by molar-refractivity contribution is 8.00. The number of ether oxygens (including phenoxy) is 2. The lowest BCUT2D eigenvalue weighted by atomic mass is 9.95. The highest BCUT2D eigenvalue weighted by Crippen LogP contribution is 2.38. The summed E-state index contributed by atoms with van der Waals surface area (Å²) in [7, 11) is 2.93. The number of benzene rings is 1. The number of methoxy groups -OCH3 is 2. The molecule has 2 aromatic heterocycles. The molecule has 188 valence electrons. The molecule has 4 rings (SSSR count). The standard InChI is InChI=1S/C25H25N3O5S3/c1-4-11-28-17-10-9-15(32-2)12-19(17)36-25(28)27-21(30)14-34-13-20(29)26-23-22(24(31)33-3)16-7-5-6-8-18(16)35-23/h1,9-10,12H,5-8,11,13-14H2,2-3H3,(H,26,29). The van der Waals surface area contributed by atoms with Crippen molar-refractivity contribution in [2.24, 2.45) is 4.99 Å². The Kier molecular flexibility index (Phi) is 8.51. The van der Waals surface area contributed by atoms with E-state index in [1.165, 1.54) is 29.8 Å². The summed E-state index contributed by atoms with van der Waals surface area (Å²) in [6.07, 6.45) is 9.30. The molecule has 1 aromatic carbocycles. The minimum Gasteiger partial charge on any atom is -0.497 e. The van der Waals surface area contributed by atoms with Gasteiger partial charge in [0.25, 0.3) is 5.91 Å². The van der Waals surface area contributed by atoms with Crippen LogP contribution in [0.25, 0.3) is 10.2 Å². The third kappa shape index (κ3) is 5.67. The summed E-state index contributed by atoms with van der Waals surface area (Å²) < 4.78 is 12.9. The van der Waals surface area contributed by atoms with Crippen molar-refractivity contribution in [3.63, 3.8) is 0 Å². The van der Waals surface area contributed by atoms with Crippen LogP contribution in [0.4, 0.5) is 5.00 Å². The van der Waals surface area contributed by atoms with Gasteiger partial charge < -0.3 is 19.4 Å². The summed E-state index contributed by atoms with van der Waals surface area (Å²) in [6.45, 7) is 0.279. The molecule has 0 bridgehead atoms. The molecule has 0 saturated heterocycles. The molecule has 0 atom stereocenters. The van der Waals surface area contributed by atoms with Gasteiger partial charge in [0, 0.05) is 4.88 Å². The van der Waals surface area contributed by atoms with Crippen LogP contribution in [0.1, 0.15) is 33.6 Å². The molecular weight excluding hydrogens is 518 g/mol. The fourth-order valence-corrected chi connectivity index (χ4v) is 6.98. The molecule has 2 heterocycles. The van der Waals surface area contributed by atoms with Crippen molar-refractivity contribution in [1.29, 1.82) is 0 Å². The summed E-state index contributed by atoms with van der Waals surface area (Å²) in [5.74, 6) is 2.31. The number of carbonyl (C=O) groups is 3. The summed E-state index contributed by atoms with van der Waals surface area (Å²) in [6, 6.07) is 5.59. The number of aromatic nitrogens is 1. The number of aryl methyl sites for hydroxylation is 1. The van der Waals surface area contributed by atoms with Gasteiger partial charge in [-0.1, -0.05) is 17.3 Å². The summed E-state index contributed by atoms with van der Waals surface area (Å²) in [4.78, 5) is 43.4. The number of terminal acetylenes is 1. The van der Waals surface area contributed by atoms with E-state index in [2.05, 4.69) is 16.2 Å². The third-order valence-electron chi connectivity index (χ3n) is 5.63. The lowest BCUT2D eigenvalue weighted by molar-refractivity contribution is -0.115. The minimum atomic E-state index is -0.437. The van der Waals surface area contributed by atoms with Gasteiger partial charge in [0.15, 0.2) is 4.80 Å². The predicted octanol–water partition coefficient (Wildman–Crippen LogP) is 3.87. The molecule has 1 N–H and O–H groups in total. The van der Waals surface area contributed by atoms with Crippen LogP contribution in [-0.4, -0.2) is 48.1 Å².